The highest BCUT2D eigenvalue weighted by Gasteiger charge is 2.50. The van der Waals surface area contributed by atoms with E-state index in [9.17, 15) is 0 Å². The van der Waals surface area contributed by atoms with Crippen LogP contribution in [0.15, 0.2) is 314 Å². The van der Waals surface area contributed by atoms with Crippen LogP contribution >= 0.6 is 0 Å². The van der Waals surface area contributed by atoms with E-state index in [1.54, 1.807) is 0 Å². The minimum atomic E-state index is -0.284. The summed E-state index contributed by atoms with van der Waals surface area (Å²) in [4.78, 5) is 10.5. The molecular formula is C92H69B2N5O. The monoisotopic (exact) mass is 1280 g/mol. The molecule has 0 N–H and O–H groups in total. The maximum atomic E-state index is 7.29. The van der Waals surface area contributed by atoms with Gasteiger partial charge in [-0.15, -0.1) is 0 Å². The first-order valence-corrected chi connectivity index (χ1v) is 35.1. The molecule has 20 rings (SSSR count). The Morgan fingerprint density at radius 2 is 0.710 bits per heavy atom. The van der Waals surface area contributed by atoms with Crippen LogP contribution in [0.5, 0.6) is 0 Å². The van der Waals surface area contributed by atoms with Crippen LogP contribution in [-0.2, 0) is 10.8 Å². The van der Waals surface area contributed by atoms with Crippen LogP contribution in [0.3, 0.4) is 0 Å². The molecule has 0 unspecified atom stereocenters. The van der Waals surface area contributed by atoms with Gasteiger partial charge in [0, 0.05) is 95.2 Å². The number of nitrogens with zero attached hydrogens (tertiary/aromatic N) is 5. The van der Waals surface area contributed by atoms with E-state index in [-0.39, 0.29) is 24.3 Å². The predicted octanol–water partition coefficient (Wildman–Crippen LogP) is 20.8. The summed E-state index contributed by atoms with van der Waals surface area (Å²) < 4.78 is 9.77. The third-order valence-corrected chi connectivity index (χ3v) is 21.8. The first-order valence-electron chi connectivity index (χ1n) is 35.1. The van der Waals surface area contributed by atoms with Gasteiger partial charge in [-0.05, 0) is 163 Å². The average molecular weight is 1280 g/mol. The lowest BCUT2D eigenvalue weighted by Gasteiger charge is -2.48. The number of rotatable bonds is 7. The smallest absolute Gasteiger partial charge is 0.252 e. The summed E-state index contributed by atoms with van der Waals surface area (Å²) in [6.07, 6.45) is 0. The van der Waals surface area contributed by atoms with Gasteiger partial charge >= 0.3 is 0 Å². The van der Waals surface area contributed by atoms with Gasteiger partial charge in [-0.1, -0.05) is 254 Å². The molecule has 0 amide bonds. The van der Waals surface area contributed by atoms with Gasteiger partial charge < -0.3 is 28.6 Å². The first-order chi connectivity index (χ1) is 48.9. The van der Waals surface area contributed by atoms with Crippen LogP contribution in [0.1, 0.15) is 52.7 Å². The largest absolute Gasteiger partial charge is 0.454 e. The van der Waals surface area contributed by atoms with E-state index < -0.39 is 0 Å². The molecule has 2 aromatic heterocycles. The quantitative estimate of drug-likeness (QED) is 0.148. The Morgan fingerprint density at radius 3 is 1.29 bits per heavy atom. The number of para-hydroxylation sites is 8. The molecule has 8 heteroatoms. The Balaban J connectivity index is 0.969. The molecular weight excluding hydrogens is 1210 g/mol. The Kier molecular flexibility index (Phi) is 12.7. The minimum absolute atomic E-state index is 0.197. The van der Waals surface area contributed by atoms with Gasteiger partial charge in [-0.3, -0.25) is 0 Å². The third-order valence-electron chi connectivity index (χ3n) is 21.8. The van der Waals surface area contributed by atoms with Crippen molar-refractivity contribution in [2.45, 2.75) is 52.4 Å². The van der Waals surface area contributed by atoms with E-state index in [2.05, 4.69) is 375 Å². The number of hydrogen-bond acceptors (Lipinski definition) is 5. The molecule has 0 atom stereocenters. The molecule has 4 aliphatic rings. The number of fused-ring (bicyclic) bond motifs is 14. The topological polar surface area (TPSA) is 31.0 Å². The number of aromatic nitrogens is 1. The van der Waals surface area contributed by atoms with Crippen molar-refractivity contribution >= 4 is 158 Å². The van der Waals surface area contributed by atoms with E-state index in [1.807, 2.05) is 0 Å². The summed E-state index contributed by atoms with van der Waals surface area (Å²) >= 11 is 0. The molecule has 0 bridgehead atoms. The van der Waals surface area contributed by atoms with E-state index in [0.29, 0.717) is 0 Å². The van der Waals surface area contributed by atoms with Gasteiger partial charge in [0.25, 0.3) is 13.4 Å². The zero-order chi connectivity index (χ0) is 66.9. The minimum Gasteiger partial charge on any atom is -0.454 e. The normalized spacial score (nSPS) is 13.6. The van der Waals surface area contributed by atoms with Crippen molar-refractivity contribution in [1.82, 2.24) is 4.57 Å². The fourth-order valence-electron chi connectivity index (χ4n) is 17.2. The zero-order valence-electron chi connectivity index (χ0n) is 56.7. The lowest BCUT2D eigenvalue weighted by Crippen LogP contribution is -2.65. The summed E-state index contributed by atoms with van der Waals surface area (Å²) in [5, 5.41) is 4.64. The van der Waals surface area contributed by atoms with Crippen molar-refractivity contribution in [2.75, 3.05) is 19.6 Å². The van der Waals surface area contributed by atoms with Gasteiger partial charge in [0.05, 0.1) is 22.4 Å². The fourth-order valence-corrected chi connectivity index (χ4v) is 17.2. The molecule has 14 aromatic carbocycles. The maximum Gasteiger partial charge on any atom is 0.252 e. The van der Waals surface area contributed by atoms with Gasteiger partial charge in [0.2, 0.25) is 0 Å². The van der Waals surface area contributed by atoms with E-state index in [0.717, 1.165) is 101 Å². The molecule has 4 aliphatic heterocycles. The number of hydrogen-bond donors (Lipinski definition) is 0. The molecule has 100 heavy (non-hydrogen) atoms. The van der Waals surface area contributed by atoms with E-state index >= 15 is 0 Å². The van der Waals surface area contributed by atoms with Crippen molar-refractivity contribution < 1.29 is 4.42 Å². The molecule has 0 fully saturated rings. The van der Waals surface area contributed by atoms with Crippen LogP contribution in [0, 0.1) is 0 Å². The maximum absolute atomic E-state index is 7.29. The Labute approximate surface area is 584 Å². The number of benzene rings is 14. The molecule has 16 aromatic rings. The highest BCUT2D eigenvalue weighted by molar-refractivity contribution is 7.03. The van der Waals surface area contributed by atoms with Crippen LogP contribution in [0.2, 0.25) is 0 Å². The fraction of sp³-hybridized carbons (Fsp3) is 0.0870. The summed E-state index contributed by atoms with van der Waals surface area (Å²) in [6.45, 7) is 13.8. The summed E-state index contributed by atoms with van der Waals surface area (Å²) in [5.41, 5.74) is 32.7. The predicted molar refractivity (Wildman–Crippen MR) is 424 cm³/mol. The first kappa shape index (κ1) is 58.2. The summed E-state index contributed by atoms with van der Waals surface area (Å²) in [7, 11) is 0. The number of anilines is 12. The second-order valence-corrected chi connectivity index (χ2v) is 29.6. The molecule has 6 heterocycles. The van der Waals surface area contributed by atoms with Crippen molar-refractivity contribution in [1.29, 1.82) is 0 Å². The lowest BCUT2D eigenvalue weighted by molar-refractivity contribution is 0.590. The van der Waals surface area contributed by atoms with Gasteiger partial charge in [-0.2, -0.15) is 0 Å². The highest BCUT2D eigenvalue weighted by Crippen LogP contribution is 2.55. The van der Waals surface area contributed by atoms with E-state index in [1.165, 1.54) is 82.8 Å². The average Bonchev–Trinajstić information content (AvgIpc) is 0.825. The Hall–Kier alpha value is -12.0. The van der Waals surface area contributed by atoms with Crippen LogP contribution in [-0.4, -0.2) is 18.0 Å². The van der Waals surface area contributed by atoms with Crippen LogP contribution < -0.4 is 52.4 Å². The van der Waals surface area contributed by atoms with Gasteiger partial charge in [0.15, 0.2) is 5.58 Å². The van der Waals surface area contributed by atoms with Gasteiger partial charge in [0.1, 0.15) is 5.58 Å². The molecule has 0 radical (unpaired) electrons. The van der Waals surface area contributed by atoms with Crippen molar-refractivity contribution in [3.8, 4) is 27.9 Å². The third kappa shape index (κ3) is 8.59. The summed E-state index contributed by atoms with van der Waals surface area (Å²) in [6, 6.07) is 116. The van der Waals surface area contributed by atoms with Gasteiger partial charge in [-0.25, -0.2) is 0 Å². The Bertz CT molecular complexity index is 5940. The highest BCUT2D eigenvalue weighted by atomic mass is 16.3. The standard InChI is InChI=1S/C92H69B2N5O/c1-91(2,3)60-51-82-87-84(53-60)98(78-47-28-42-70-69-39-21-26-48-86(69)100-90(70)78)80-57-81-74(56-73(80)93(87)71-43-22-25-46-77(71)95(82)62-33-15-9-16-34-62)94-72-50-49-64(97-75-44-23-19-37-67(75)68-38-20-24-45-76(68)97)55-79(72)96(63-35-17-10-18-36-63)83-52-61(92(4,5)6)54-85(88(83)94)99(81)89-65(58-29-11-7-12-30-58)40-27-41-66(89)59-31-13-8-14-32-59/h7-57H,1-6H3. The Morgan fingerprint density at radius 1 is 0.280 bits per heavy atom. The second-order valence-electron chi connectivity index (χ2n) is 29.6. The second kappa shape index (κ2) is 21.8. The van der Waals surface area contributed by atoms with Crippen molar-refractivity contribution in [3.05, 3.63) is 321 Å². The van der Waals surface area contributed by atoms with Crippen LogP contribution in [0.4, 0.5) is 68.2 Å². The molecule has 0 aliphatic carbocycles. The molecule has 6 nitrogen and oxygen atoms in total. The van der Waals surface area contributed by atoms with Crippen molar-refractivity contribution in [3.63, 3.8) is 0 Å². The van der Waals surface area contributed by atoms with Crippen LogP contribution in [0.25, 0.3) is 71.7 Å². The number of furan rings is 1. The SMILES string of the molecule is CC(C)(C)c1cc2c3c(c1)N(c1c(-c4ccccc4)cccc1-c1ccccc1)c1cc4c(cc1B3c1ccc(-n3c5ccccc5c5ccccc53)cc1N2c1ccccc1)B1c2ccccc2N(c2ccccc2)c2cc(C(C)(C)C)cc(c21)N4c1cccc2c1oc1ccccc12. The summed E-state index contributed by atoms with van der Waals surface area (Å²) in [5.74, 6) is 0. The zero-order valence-corrected chi connectivity index (χ0v) is 56.7. The molecule has 474 valence electrons. The van der Waals surface area contributed by atoms with Crippen molar-refractivity contribution in [2.24, 2.45) is 0 Å². The molecule has 0 saturated heterocycles. The lowest BCUT2D eigenvalue weighted by atomic mass is 9.30. The molecule has 0 saturated carbocycles. The molecule has 0 spiro atoms. The van der Waals surface area contributed by atoms with E-state index in [4.69, 9.17) is 4.42 Å².